The summed E-state index contributed by atoms with van der Waals surface area (Å²) in [6, 6.07) is 4.87. The lowest BCUT2D eigenvalue weighted by Gasteiger charge is -2.18. The number of benzene rings is 1. The van der Waals surface area contributed by atoms with Crippen molar-refractivity contribution in [2.45, 2.75) is 32.7 Å². The summed E-state index contributed by atoms with van der Waals surface area (Å²) in [5.74, 6) is -4.48. The molecule has 3 aromatic rings. The third-order valence-electron chi connectivity index (χ3n) is 6.69. The van der Waals surface area contributed by atoms with Crippen molar-refractivity contribution in [3.05, 3.63) is 44.6 Å². The fraction of sp³-hybridized carbons (Fsp3) is 0.444. The van der Waals surface area contributed by atoms with E-state index in [0.717, 1.165) is 34.6 Å². The average molecular weight is 638 g/mol. The minimum absolute atomic E-state index is 0.217. The zero-order valence-electron chi connectivity index (χ0n) is 23.6. The van der Waals surface area contributed by atoms with Crippen molar-refractivity contribution in [3.63, 3.8) is 0 Å². The fourth-order valence-corrected chi connectivity index (χ4v) is 8.24. The van der Waals surface area contributed by atoms with Gasteiger partial charge in [0.05, 0.1) is 42.2 Å². The summed E-state index contributed by atoms with van der Waals surface area (Å²) in [6.07, 6.45) is 2.30. The Hall–Kier alpha value is -3.40. The van der Waals surface area contributed by atoms with Gasteiger partial charge in [0.2, 0.25) is 5.91 Å². The summed E-state index contributed by atoms with van der Waals surface area (Å²) >= 11 is 2.34. The smallest absolute Gasteiger partial charge is 0.341 e. The molecule has 1 aromatic carbocycles. The molecule has 2 aromatic heterocycles. The van der Waals surface area contributed by atoms with E-state index in [4.69, 9.17) is 14.2 Å². The molecule has 226 valence electrons. The van der Waals surface area contributed by atoms with Crippen LogP contribution in [0.15, 0.2) is 23.2 Å². The molecule has 0 aliphatic heterocycles. The third-order valence-corrected chi connectivity index (χ3v) is 10.3. The van der Waals surface area contributed by atoms with E-state index in [1.165, 1.54) is 32.7 Å². The number of carbonyl (C=O) groups excluding carboxylic acids is 4. The maximum atomic E-state index is 12.8. The maximum Gasteiger partial charge on any atom is 0.341 e. The van der Waals surface area contributed by atoms with E-state index in [2.05, 4.69) is 17.2 Å². The molecule has 1 aliphatic rings. The third kappa shape index (κ3) is 7.14. The number of carbonyl (C=O) groups is 4. The molecular weight excluding hydrogens is 607 g/mol. The maximum absolute atomic E-state index is 12.8. The van der Waals surface area contributed by atoms with Crippen LogP contribution in [0.5, 0.6) is 0 Å². The Kier molecular flexibility index (Phi) is 9.97. The van der Waals surface area contributed by atoms with Crippen molar-refractivity contribution in [2.75, 3.05) is 44.8 Å². The predicted octanol–water partition coefficient (Wildman–Crippen LogP) is 2.59. The van der Waals surface area contributed by atoms with Crippen LogP contribution in [-0.4, -0.2) is 76.2 Å². The van der Waals surface area contributed by atoms with Crippen molar-refractivity contribution >= 4 is 71.5 Å². The number of hydrogen-bond donors (Lipinski definition) is 1. The molecule has 0 radical (unpaired) electrons. The number of anilines is 1. The summed E-state index contributed by atoms with van der Waals surface area (Å²) in [6.45, 7) is 2.72. The highest BCUT2D eigenvalue weighted by Gasteiger charge is 2.30. The second kappa shape index (κ2) is 13.3. The average Bonchev–Trinajstić information content (AvgIpc) is 3.45. The Morgan fingerprint density at radius 3 is 2.50 bits per heavy atom. The zero-order valence-corrected chi connectivity index (χ0v) is 26.0. The van der Waals surface area contributed by atoms with Crippen LogP contribution in [0, 0.1) is 5.92 Å². The van der Waals surface area contributed by atoms with Crippen LogP contribution < -0.4 is 10.1 Å². The molecule has 1 N–H and O–H groups in total. The number of amides is 2. The lowest BCUT2D eigenvalue weighted by Crippen LogP contribution is -2.28. The summed E-state index contributed by atoms with van der Waals surface area (Å²) in [7, 11) is -0.174. The number of methoxy groups -OCH3 is 3. The zero-order chi connectivity index (χ0) is 30.6. The molecule has 15 heteroatoms. The van der Waals surface area contributed by atoms with E-state index >= 15 is 0 Å². The molecule has 0 saturated carbocycles. The van der Waals surface area contributed by atoms with Gasteiger partial charge >= 0.3 is 11.9 Å². The van der Waals surface area contributed by atoms with E-state index in [0.29, 0.717) is 41.3 Å². The Morgan fingerprint density at radius 2 is 1.81 bits per heavy atom. The van der Waals surface area contributed by atoms with E-state index in [9.17, 15) is 27.6 Å². The normalized spacial score (nSPS) is 15.3. The van der Waals surface area contributed by atoms with Crippen LogP contribution in [0.2, 0.25) is 0 Å². The Labute approximate surface area is 250 Å². The number of aromatic nitrogens is 1. The summed E-state index contributed by atoms with van der Waals surface area (Å²) < 4.78 is 42.8. The van der Waals surface area contributed by atoms with Gasteiger partial charge in [-0.1, -0.05) is 18.3 Å². The lowest BCUT2D eigenvalue weighted by molar-refractivity contribution is -0.115. The number of rotatable bonds is 10. The fourth-order valence-electron chi connectivity index (χ4n) is 4.70. The SMILES string of the molecule is COCCn1c(=NC(=O)CS(=O)(=O)CC(=O)Nc2sc3c(c2C(=O)OC)CCC(C)C3)sc2cc(C(=O)OC)ccc21. The monoisotopic (exact) mass is 637 g/mol. The number of ether oxygens (including phenoxy) is 3. The van der Waals surface area contributed by atoms with Crippen molar-refractivity contribution < 1.29 is 41.8 Å². The second-order valence-corrected chi connectivity index (χ2v) is 14.0. The van der Waals surface area contributed by atoms with Gasteiger partial charge in [0, 0.05) is 18.5 Å². The largest absolute Gasteiger partial charge is 0.465 e. The van der Waals surface area contributed by atoms with E-state index in [1.54, 1.807) is 22.8 Å². The molecule has 0 bridgehead atoms. The van der Waals surface area contributed by atoms with Gasteiger partial charge in [0.15, 0.2) is 14.6 Å². The molecule has 1 atom stereocenters. The molecule has 12 nitrogen and oxygen atoms in total. The number of hydrogen-bond acceptors (Lipinski definition) is 11. The quantitative estimate of drug-likeness (QED) is 0.330. The van der Waals surface area contributed by atoms with Crippen LogP contribution in [0.1, 0.15) is 44.5 Å². The first-order valence-electron chi connectivity index (χ1n) is 13.0. The minimum Gasteiger partial charge on any atom is -0.465 e. The highest BCUT2D eigenvalue weighted by Crippen LogP contribution is 2.40. The van der Waals surface area contributed by atoms with Gasteiger partial charge in [0.1, 0.15) is 16.5 Å². The van der Waals surface area contributed by atoms with Gasteiger partial charge < -0.3 is 24.1 Å². The highest BCUT2D eigenvalue weighted by molar-refractivity contribution is 7.92. The molecule has 42 heavy (non-hydrogen) atoms. The summed E-state index contributed by atoms with van der Waals surface area (Å²) in [4.78, 5) is 55.2. The van der Waals surface area contributed by atoms with Crippen molar-refractivity contribution in [2.24, 2.45) is 10.9 Å². The van der Waals surface area contributed by atoms with E-state index in [1.807, 2.05) is 0 Å². The van der Waals surface area contributed by atoms with Crippen molar-refractivity contribution in [1.82, 2.24) is 4.57 Å². The molecule has 0 saturated heterocycles. The standard InChI is InChI=1S/C27H31N3O9S3/c1-15-5-7-17-19(11-15)40-24(23(17)26(34)39-4)28-21(31)13-42(35,36)14-22(32)29-27-30(9-10-37-2)18-8-6-16(25(33)38-3)12-20(18)41-27/h6,8,12,15H,5,7,9-11,13-14H2,1-4H3,(H,28,31). The number of nitrogens with one attached hydrogen (secondary N) is 1. The summed E-state index contributed by atoms with van der Waals surface area (Å²) in [5, 5.41) is 2.79. The Balaban J connectivity index is 1.53. The minimum atomic E-state index is -4.21. The van der Waals surface area contributed by atoms with Crippen molar-refractivity contribution in [3.8, 4) is 0 Å². The van der Waals surface area contributed by atoms with Gasteiger partial charge in [-0.2, -0.15) is 4.99 Å². The van der Waals surface area contributed by atoms with Crippen LogP contribution in [-0.2, 0) is 53.0 Å². The number of esters is 2. The number of sulfone groups is 1. The number of thiazole rings is 1. The first-order chi connectivity index (χ1) is 20.0. The van der Waals surface area contributed by atoms with Crippen LogP contribution in [0.4, 0.5) is 5.00 Å². The van der Waals surface area contributed by atoms with Gasteiger partial charge in [0.25, 0.3) is 5.91 Å². The van der Waals surface area contributed by atoms with Gasteiger partial charge in [-0.3, -0.25) is 9.59 Å². The lowest BCUT2D eigenvalue weighted by atomic mass is 9.88. The molecule has 0 spiro atoms. The molecule has 2 heterocycles. The van der Waals surface area contributed by atoms with Crippen LogP contribution in [0.25, 0.3) is 10.2 Å². The van der Waals surface area contributed by atoms with Crippen LogP contribution >= 0.6 is 22.7 Å². The van der Waals surface area contributed by atoms with Gasteiger partial charge in [-0.05, 0) is 48.9 Å². The van der Waals surface area contributed by atoms with Gasteiger partial charge in [-0.25, -0.2) is 18.0 Å². The Bertz CT molecular complexity index is 1720. The number of nitrogens with zero attached hydrogens (tertiary/aromatic N) is 2. The van der Waals surface area contributed by atoms with Crippen LogP contribution in [0.3, 0.4) is 0 Å². The molecular formula is C27H31N3O9S3. The predicted molar refractivity (Wildman–Crippen MR) is 158 cm³/mol. The second-order valence-electron chi connectivity index (χ2n) is 9.84. The topological polar surface area (TPSA) is 159 Å². The first-order valence-corrected chi connectivity index (χ1v) is 16.4. The van der Waals surface area contributed by atoms with Gasteiger partial charge in [-0.15, -0.1) is 11.3 Å². The van der Waals surface area contributed by atoms with Crippen molar-refractivity contribution in [1.29, 1.82) is 0 Å². The molecule has 1 aliphatic carbocycles. The Morgan fingerprint density at radius 1 is 1.07 bits per heavy atom. The first kappa shape index (κ1) is 31.5. The number of fused-ring (bicyclic) bond motifs is 2. The molecule has 1 unspecified atom stereocenters. The van der Waals surface area contributed by atoms with E-state index < -0.39 is 45.1 Å². The highest BCUT2D eigenvalue weighted by atomic mass is 32.2. The number of thiophene rings is 1. The molecule has 4 rings (SSSR count). The summed E-state index contributed by atoms with van der Waals surface area (Å²) in [5.41, 5.74) is 2.06. The molecule has 2 amide bonds. The molecule has 0 fully saturated rings. The van der Waals surface area contributed by atoms with E-state index in [-0.39, 0.29) is 15.4 Å².